The van der Waals surface area contributed by atoms with Crippen molar-refractivity contribution in [1.82, 2.24) is 20.1 Å². The summed E-state index contributed by atoms with van der Waals surface area (Å²) in [7, 11) is 1.67. The molecule has 120 valence electrons. The van der Waals surface area contributed by atoms with Crippen molar-refractivity contribution in [2.45, 2.75) is 6.92 Å². The van der Waals surface area contributed by atoms with Gasteiger partial charge in [-0.05, 0) is 31.2 Å². The van der Waals surface area contributed by atoms with Crippen molar-refractivity contribution in [3.05, 3.63) is 30.0 Å². The zero-order valence-electron chi connectivity index (χ0n) is 13.2. The third-order valence-corrected chi connectivity index (χ3v) is 5.30. The Hall–Kier alpha value is -2.12. The fourth-order valence-electron chi connectivity index (χ4n) is 2.82. The van der Waals surface area contributed by atoms with Crippen molar-refractivity contribution in [2.24, 2.45) is 0 Å². The summed E-state index contributed by atoms with van der Waals surface area (Å²) in [6.07, 6.45) is 0. The average Bonchev–Trinajstić information content (AvgIpc) is 3.17. The molecule has 4 rings (SSSR count). The molecule has 0 atom stereocenters. The third kappa shape index (κ3) is 2.55. The van der Waals surface area contributed by atoms with Crippen LogP contribution in [0.15, 0.2) is 24.3 Å². The van der Waals surface area contributed by atoms with Crippen molar-refractivity contribution in [2.75, 3.05) is 38.2 Å². The SMILES string of the molecule is COc1ccc(-n2nc(C)c3sc(N4CCNCC4)nc32)cc1. The van der Waals surface area contributed by atoms with E-state index in [4.69, 9.17) is 9.72 Å². The molecule has 1 aliphatic heterocycles. The first kappa shape index (κ1) is 14.5. The summed E-state index contributed by atoms with van der Waals surface area (Å²) in [4.78, 5) is 7.21. The molecule has 2 aromatic heterocycles. The van der Waals surface area contributed by atoms with E-state index >= 15 is 0 Å². The van der Waals surface area contributed by atoms with Crippen LogP contribution in [-0.2, 0) is 0 Å². The zero-order chi connectivity index (χ0) is 15.8. The quantitative estimate of drug-likeness (QED) is 0.798. The lowest BCUT2D eigenvalue weighted by Crippen LogP contribution is -2.43. The number of fused-ring (bicyclic) bond motifs is 1. The van der Waals surface area contributed by atoms with E-state index in [0.29, 0.717) is 0 Å². The largest absolute Gasteiger partial charge is 0.497 e. The van der Waals surface area contributed by atoms with Gasteiger partial charge in [0.1, 0.15) is 5.75 Å². The van der Waals surface area contributed by atoms with Crippen LogP contribution in [0.1, 0.15) is 5.69 Å². The smallest absolute Gasteiger partial charge is 0.188 e. The number of anilines is 1. The molecule has 1 aromatic carbocycles. The van der Waals surface area contributed by atoms with Crippen LogP contribution in [0.2, 0.25) is 0 Å². The number of hydrogen-bond acceptors (Lipinski definition) is 6. The van der Waals surface area contributed by atoms with Gasteiger partial charge < -0.3 is 15.0 Å². The van der Waals surface area contributed by atoms with E-state index in [2.05, 4.69) is 15.3 Å². The van der Waals surface area contributed by atoms with Gasteiger partial charge in [0.05, 0.1) is 23.2 Å². The van der Waals surface area contributed by atoms with Crippen LogP contribution in [0, 0.1) is 6.92 Å². The highest BCUT2D eigenvalue weighted by Gasteiger charge is 2.19. The van der Waals surface area contributed by atoms with Gasteiger partial charge in [-0.1, -0.05) is 11.3 Å². The second-order valence-electron chi connectivity index (χ2n) is 5.58. The number of nitrogens with zero attached hydrogens (tertiary/aromatic N) is 4. The number of ether oxygens (including phenoxy) is 1. The number of methoxy groups -OCH3 is 1. The minimum atomic E-state index is 0.841. The lowest BCUT2D eigenvalue weighted by atomic mass is 10.3. The Bertz CT molecular complexity index is 817. The van der Waals surface area contributed by atoms with Gasteiger partial charge in [-0.25, -0.2) is 4.68 Å². The first-order valence-electron chi connectivity index (χ1n) is 7.72. The van der Waals surface area contributed by atoms with E-state index in [9.17, 15) is 0 Å². The Labute approximate surface area is 138 Å². The minimum absolute atomic E-state index is 0.841. The summed E-state index contributed by atoms with van der Waals surface area (Å²) in [5.41, 5.74) is 2.96. The maximum atomic E-state index is 5.23. The van der Waals surface area contributed by atoms with Crippen molar-refractivity contribution >= 4 is 26.8 Å². The highest BCUT2D eigenvalue weighted by molar-refractivity contribution is 7.22. The number of piperazine rings is 1. The van der Waals surface area contributed by atoms with Gasteiger partial charge in [0.25, 0.3) is 0 Å². The first-order valence-corrected chi connectivity index (χ1v) is 8.54. The molecule has 0 radical (unpaired) electrons. The number of benzene rings is 1. The van der Waals surface area contributed by atoms with Crippen LogP contribution in [0.25, 0.3) is 16.0 Å². The number of hydrogen-bond donors (Lipinski definition) is 1. The molecule has 7 heteroatoms. The van der Waals surface area contributed by atoms with Crippen LogP contribution in [0.4, 0.5) is 5.13 Å². The van der Waals surface area contributed by atoms with Crippen LogP contribution in [-0.4, -0.2) is 48.1 Å². The summed E-state index contributed by atoms with van der Waals surface area (Å²) in [6, 6.07) is 7.91. The lowest BCUT2D eigenvalue weighted by Gasteiger charge is -2.26. The van der Waals surface area contributed by atoms with Gasteiger partial charge in [-0.15, -0.1) is 0 Å². The molecule has 3 aromatic rings. The Morgan fingerprint density at radius 2 is 1.91 bits per heavy atom. The molecular formula is C16H19N5OS. The maximum Gasteiger partial charge on any atom is 0.188 e. The zero-order valence-corrected chi connectivity index (χ0v) is 14.1. The predicted octanol–water partition coefficient (Wildman–Crippen LogP) is 2.21. The van der Waals surface area contributed by atoms with Crippen molar-refractivity contribution in [3.63, 3.8) is 0 Å². The van der Waals surface area contributed by atoms with E-state index in [-0.39, 0.29) is 0 Å². The summed E-state index contributed by atoms with van der Waals surface area (Å²) in [5, 5.41) is 9.12. The maximum absolute atomic E-state index is 5.23. The highest BCUT2D eigenvalue weighted by Crippen LogP contribution is 2.32. The minimum Gasteiger partial charge on any atom is -0.497 e. The van der Waals surface area contributed by atoms with Gasteiger partial charge >= 0.3 is 0 Å². The molecule has 23 heavy (non-hydrogen) atoms. The van der Waals surface area contributed by atoms with Gasteiger partial charge in [-0.2, -0.15) is 10.1 Å². The molecular weight excluding hydrogens is 310 g/mol. The highest BCUT2D eigenvalue weighted by atomic mass is 32.1. The predicted molar refractivity (Wildman–Crippen MR) is 93.1 cm³/mol. The number of aryl methyl sites for hydroxylation is 1. The van der Waals surface area contributed by atoms with Gasteiger partial charge in [0, 0.05) is 26.2 Å². The molecule has 1 aliphatic rings. The average molecular weight is 329 g/mol. The number of nitrogens with one attached hydrogen (secondary N) is 1. The van der Waals surface area contributed by atoms with E-state index in [0.717, 1.165) is 58.8 Å². The van der Waals surface area contributed by atoms with Crippen molar-refractivity contribution in [1.29, 1.82) is 0 Å². The second-order valence-corrected chi connectivity index (χ2v) is 6.56. The van der Waals surface area contributed by atoms with Crippen LogP contribution >= 0.6 is 11.3 Å². The topological polar surface area (TPSA) is 55.2 Å². The molecule has 6 nitrogen and oxygen atoms in total. The van der Waals surface area contributed by atoms with Crippen LogP contribution in [0.5, 0.6) is 5.75 Å². The van der Waals surface area contributed by atoms with Crippen LogP contribution < -0.4 is 15.0 Å². The van der Waals surface area contributed by atoms with Gasteiger partial charge in [0.2, 0.25) is 0 Å². The van der Waals surface area contributed by atoms with Gasteiger partial charge in [-0.3, -0.25) is 0 Å². The Morgan fingerprint density at radius 1 is 1.17 bits per heavy atom. The summed E-state index contributed by atoms with van der Waals surface area (Å²) in [6.45, 7) is 6.08. The number of rotatable bonds is 3. The van der Waals surface area contributed by atoms with E-state index in [1.54, 1.807) is 18.4 Å². The molecule has 1 saturated heterocycles. The normalized spacial score (nSPS) is 15.3. The number of thiazole rings is 1. The summed E-state index contributed by atoms with van der Waals surface area (Å²) >= 11 is 1.73. The third-order valence-electron chi connectivity index (χ3n) is 4.08. The summed E-state index contributed by atoms with van der Waals surface area (Å²) < 4.78 is 8.31. The fourth-order valence-corrected chi connectivity index (χ4v) is 3.86. The Morgan fingerprint density at radius 3 is 2.61 bits per heavy atom. The molecule has 0 bridgehead atoms. The molecule has 0 amide bonds. The van der Waals surface area contributed by atoms with Crippen LogP contribution in [0.3, 0.4) is 0 Å². The molecule has 0 spiro atoms. The molecule has 0 saturated carbocycles. The Kier molecular flexibility index (Phi) is 3.66. The van der Waals surface area contributed by atoms with Crippen molar-refractivity contribution < 1.29 is 4.74 Å². The lowest BCUT2D eigenvalue weighted by molar-refractivity contribution is 0.414. The second kappa shape index (κ2) is 5.82. The standard InChI is InChI=1S/C16H19N5OS/c1-11-14-15(18-16(23-14)20-9-7-17-8-10-20)21(19-11)12-3-5-13(22-2)6-4-12/h3-6,17H,7-10H2,1-2H3. The van der Waals surface area contributed by atoms with Gasteiger partial charge in [0.15, 0.2) is 10.8 Å². The molecule has 1 N–H and O–H groups in total. The Balaban J connectivity index is 1.75. The fraction of sp³-hybridized carbons (Fsp3) is 0.375. The number of aromatic nitrogens is 3. The van der Waals surface area contributed by atoms with E-state index in [1.807, 2.05) is 35.9 Å². The molecule has 1 fully saturated rings. The summed E-state index contributed by atoms with van der Waals surface area (Å²) in [5.74, 6) is 0.841. The molecule has 3 heterocycles. The monoisotopic (exact) mass is 329 g/mol. The van der Waals surface area contributed by atoms with E-state index in [1.165, 1.54) is 0 Å². The van der Waals surface area contributed by atoms with Crippen molar-refractivity contribution in [3.8, 4) is 11.4 Å². The van der Waals surface area contributed by atoms with E-state index < -0.39 is 0 Å². The molecule has 0 aliphatic carbocycles. The first-order chi connectivity index (χ1) is 11.3. The molecule has 0 unspecified atom stereocenters.